The lowest BCUT2D eigenvalue weighted by Crippen LogP contribution is -2.30. The van der Waals surface area contributed by atoms with E-state index in [1.54, 1.807) is 14.2 Å². The molecule has 0 N–H and O–H groups in total. The van der Waals surface area contributed by atoms with Crippen LogP contribution < -0.4 is 18.9 Å². The SMILES string of the molecule is COc1cccc2c1O[C@H]1O[C@H]2Oc2c(OC)cccc21. The lowest BCUT2D eigenvalue weighted by molar-refractivity contribution is -0.228. The van der Waals surface area contributed by atoms with Gasteiger partial charge in [0.25, 0.3) is 0 Å². The minimum absolute atomic E-state index is 0.530. The van der Waals surface area contributed by atoms with Crippen molar-refractivity contribution >= 4 is 0 Å². The van der Waals surface area contributed by atoms with Crippen molar-refractivity contribution < 1.29 is 23.7 Å². The van der Waals surface area contributed by atoms with E-state index in [1.807, 2.05) is 36.4 Å². The molecule has 0 aromatic heterocycles. The van der Waals surface area contributed by atoms with Crippen molar-refractivity contribution in [2.45, 2.75) is 12.6 Å². The Bertz CT molecular complexity index is 638. The molecule has 2 aliphatic heterocycles. The van der Waals surface area contributed by atoms with E-state index < -0.39 is 12.6 Å². The highest BCUT2D eigenvalue weighted by atomic mass is 16.8. The molecule has 2 heterocycles. The Kier molecular flexibility index (Phi) is 2.68. The summed E-state index contributed by atoms with van der Waals surface area (Å²) in [5, 5.41) is 0. The molecule has 2 bridgehead atoms. The van der Waals surface area contributed by atoms with Gasteiger partial charge in [-0.2, -0.15) is 0 Å². The van der Waals surface area contributed by atoms with E-state index in [1.165, 1.54) is 0 Å². The predicted molar refractivity (Wildman–Crippen MR) is 73.8 cm³/mol. The molecule has 2 aromatic rings. The van der Waals surface area contributed by atoms with Gasteiger partial charge in [-0.05, 0) is 24.3 Å². The predicted octanol–water partition coefficient (Wildman–Crippen LogP) is 3.20. The first kappa shape index (κ1) is 12.3. The number of hydrogen-bond acceptors (Lipinski definition) is 5. The van der Waals surface area contributed by atoms with Crippen LogP contribution in [0.1, 0.15) is 23.7 Å². The zero-order valence-electron chi connectivity index (χ0n) is 11.7. The maximum absolute atomic E-state index is 5.97. The molecule has 21 heavy (non-hydrogen) atoms. The van der Waals surface area contributed by atoms with Crippen molar-refractivity contribution in [3.8, 4) is 23.0 Å². The average molecular weight is 286 g/mol. The molecule has 0 saturated carbocycles. The summed E-state index contributed by atoms with van der Waals surface area (Å²) in [6, 6.07) is 11.3. The molecule has 0 spiro atoms. The first-order chi connectivity index (χ1) is 10.3. The second-order valence-electron chi connectivity index (χ2n) is 4.79. The zero-order valence-corrected chi connectivity index (χ0v) is 11.7. The molecular formula is C16H14O5. The third kappa shape index (κ3) is 1.74. The van der Waals surface area contributed by atoms with Crippen molar-refractivity contribution in [3.63, 3.8) is 0 Å². The van der Waals surface area contributed by atoms with E-state index in [-0.39, 0.29) is 0 Å². The lowest BCUT2D eigenvalue weighted by Gasteiger charge is -2.38. The summed E-state index contributed by atoms with van der Waals surface area (Å²) < 4.78 is 28.5. The van der Waals surface area contributed by atoms with E-state index in [2.05, 4.69) is 0 Å². The topological polar surface area (TPSA) is 46.2 Å². The summed E-state index contributed by atoms with van der Waals surface area (Å²) in [5.74, 6) is 2.66. The number of rotatable bonds is 2. The van der Waals surface area contributed by atoms with Crippen molar-refractivity contribution in [2.75, 3.05) is 14.2 Å². The maximum atomic E-state index is 5.97. The largest absolute Gasteiger partial charge is 0.493 e. The van der Waals surface area contributed by atoms with Crippen LogP contribution in [-0.2, 0) is 4.74 Å². The minimum atomic E-state index is -0.530. The summed E-state index contributed by atoms with van der Waals surface area (Å²) in [6.07, 6.45) is -1.06. The Morgan fingerprint density at radius 2 is 1.24 bits per heavy atom. The fraction of sp³-hybridized carbons (Fsp3) is 0.250. The number of fused-ring (bicyclic) bond motifs is 6. The van der Waals surface area contributed by atoms with Gasteiger partial charge in [0, 0.05) is 0 Å². The van der Waals surface area contributed by atoms with Gasteiger partial charge in [-0.1, -0.05) is 12.1 Å². The summed E-state index contributed by atoms with van der Waals surface area (Å²) in [6.45, 7) is 0. The Labute approximate surface area is 122 Å². The van der Waals surface area contributed by atoms with Crippen LogP contribution in [-0.4, -0.2) is 14.2 Å². The highest BCUT2D eigenvalue weighted by Crippen LogP contribution is 2.52. The maximum Gasteiger partial charge on any atom is 0.234 e. The van der Waals surface area contributed by atoms with Gasteiger partial charge in [0.15, 0.2) is 23.0 Å². The molecule has 0 fully saturated rings. The van der Waals surface area contributed by atoms with Gasteiger partial charge in [0.2, 0.25) is 12.6 Å². The van der Waals surface area contributed by atoms with Crippen LogP contribution in [0.4, 0.5) is 0 Å². The molecule has 0 saturated heterocycles. The molecule has 0 amide bonds. The van der Waals surface area contributed by atoms with Gasteiger partial charge in [-0.25, -0.2) is 0 Å². The fourth-order valence-corrected chi connectivity index (χ4v) is 2.67. The molecule has 4 rings (SSSR count). The normalized spacial score (nSPS) is 21.4. The summed E-state index contributed by atoms with van der Waals surface area (Å²) in [7, 11) is 3.23. The monoisotopic (exact) mass is 286 g/mol. The second-order valence-corrected chi connectivity index (χ2v) is 4.79. The van der Waals surface area contributed by atoms with E-state index in [0.717, 1.165) is 11.1 Å². The smallest absolute Gasteiger partial charge is 0.234 e. The van der Waals surface area contributed by atoms with Gasteiger partial charge in [0.05, 0.1) is 25.3 Å². The number of methoxy groups -OCH3 is 2. The van der Waals surface area contributed by atoms with Crippen molar-refractivity contribution in [1.29, 1.82) is 0 Å². The summed E-state index contributed by atoms with van der Waals surface area (Å²) in [5.41, 5.74) is 1.62. The molecule has 108 valence electrons. The summed E-state index contributed by atoms with van der Waals surface area (Å²) >= 11 is 0. The van der Waals surface area contributed by atoms with E-state index in [0.29, 0.717) is 23.0 Å². The number of para-hydroxylation sites is 2. The molecule has 5 heteroatoms. The Morgan fingerprint density at radius 1 is 0.762 bits per heavy atom. The van der Waals surface area contributed by atoms with Gasteiger partial charge in [0.1, 0.15) is 0 Å². The van der Waals surface area contributed by atoms with Gasteiger partial charge in [-0.15, -0.1) is 0 Å². The standard InChI is InChI=1S/C16H14O5/c1-17-11-7-3-5-9-13(11)19-16-10-6-4-8-12(18-2)14(10)20-15(9)21-16/h3-8,15-16H,1-2H3/t15-,16+. The Balaban J connectivity index is 1.84. The molecule has 2 aliphatic rings. The van der Waals surface area contributed by atoms with Gasteiger partial charge < -0.3 is 18.9 Å². The Morgan fingerprint density at radius 3 is 1.67 bits per heavy atom. The van der Waals surface area contributed by atoms with Gasteiger partial charge in [-0.3, -0.25) is 4.74 Å². The minimum Gasteiger partial charge on any atom is -0.493 e. The van der Waals surface area contributed by atoms with E-state index in [9.17, 15) is 0 Å². The molecule has 0 unspecified atom stereocenters. The molecule has 2 atom stereocenters. The third-order valence-electron chi connectivity index (χ3n) is 3.66. The van der Waals surface area contributed by atoms with Crippen LogP contribution >= 0.6 is 0 Å². The highest BCUT2D eigenvalue weighted by molar-refractivity contribution is 5.53. The van der Waals surface area contributed by atoms with Crippen LogP contribution in [0.2, 0.25) is 0 Å². The average Bonchev–Trinajstić information content (AvgIpc) is 2.54. The molecule has 0 aliphatic carbocycles. The van der Waals surface area contributed by atoms with Crippen LogP contribution in [0, 0.1) is 0 Å². The quantitative estimate of drug-likeness (QED) is 0.848. The molecule has 5 nitrogen and oxygen atoms in total. The van der Waals surface area contributed by atoms with E-state index in [4.69, 9.17) is 23.7 Å². The van der Waals surface area contributed by atoms with Crippen molar-refractivity contribution in [3.05, 3.63) is 47.5 Å². The second kappa shape index (κ2) is 4.56. The fourth-order valence-electron chi connectivity index (χ4n) is 2.67. The van der Waals surface area contributed by atoms with Crippen LogP contribution in [0.15, 0.2) is 36.4 Å². The van der Waals surface area contributed by atoms with Crippen LogP contribution in [0.5, 0.6) is 23.0 Å². The van der Waals surface area contributed by atoms with E-state index >= 15 is 0 Å². The van der Waals surface area contributed by atoms with Crippen LogP contribution in [0.25, 0.3) is 0 Å². The van der Waals surface area contributed by atoms with Crippen molar-refractivity contribution in [1.82, 2.24) is 0 Å². The Hall–Kier alpha value is -2.40. The number of benzene rings is 2. The highest BCUT2D eigenvalue weighted by Gasteiger charge is 2.40. The number of hydrogen-bond donors (Lipinski definition) is 0. The molecular weight excluding hydrogens is 272 g/mol. The first-order valence-corrected chi connectivity index (χ1v) is 6.64. The molecule has 0 radical (unpaired) electrons. The van der Waals surface area contributed by atoms with Gasteiger partial charge >= 0.3 is 0 Å². The third-order valence-corrected chi connectivity index (χ3v) is 3.66. The lowest BCUT2D eigenvalue weighted by atomic mass is 10.1. The van der Waals surface area contributed by atoms with Crippen LogP contribution in [0.3, 0.4) is 0 Å². The van der Waals surface area contributed by atoms with Crippen molar-refractivity contribution in [2.24, 2.45) is 0 Å². The zero-order chi connectivity index (χ0) is 14.4. The first-order valence-electron chi connectivity index (χ1n) is 6.64. The summed E-state index contributed by atoms with van der Waals surface area (Å²) in [4.78, 5) is 0. The molecule has 2 aromatic carbocycles. The number of ether oxygens (including phenoxy) is 5.